The fourth-order valence-corrected chi connectivity index (χ4v) is 4.87. The Bertz CT molecular complexity index is 770. The third-order valence-electron chi connectivity index (χ3n) is 5.36. The fraction of sp³-hybridized carbons (Fsp3) is 0.636. The molecule has 0 radical (unpaired) electrons. The molecule has 154 valence electrons. The maximum absolute atomic E-state index is 12.6. The molecule has 5 nitrogen and oxygen atoms in total. The van der Waals surface area contributed by atoms with E-state index in [1.807, 2.05) is 25.7 Å². The number of aryl methyl sites for hydroxylation is 1. The van der Waals surface area contributed by atoms with E-state index in [0.717, 1.165) is 48.8 Å². The van der Waals surface area contributed by atoms with Gasteiger partial charge in [-0.25, -0.2) is 4.79 Å². The molecule has 0 aliphatic carbocycles. The molecule has 0 aromatic heterocycles. The van der Waals surface area contributed by atoms with Gasteiger partial charge in [0.2, 0.25) is 5.91 Å². The van der Waals surface area contributed by atoms with Gasteiger partial charge in [-0.05, 0) is 79.1 Å². The molecule has 0 saturated heterocycles. The Balaban J connectivity index is 1.87. The molecule has 2 heterocycles. The lowest BCUT2D eigenvalue weighted by atomic mass is 9.93. The lowest BCUT2D eigenvalue weighted by molar-refractivity contribution is -0.118. The molecule has 0 fully saturated rings. The summed E-state index contributed by atoms with van der Waals surface area (Å²) >= 11 is 3.82. The van der Waals surface area contributed by atoms with Gasteiger partial charge in [0.25, 0.3) is 0 Å². The first-order chi connectivity index (χ1) is 13.2. The normalized spacial score (nSPS) is 17.1. The molecule has 1 aromatic carbocycles. The number of benzene rings is 1. The van der Waals surface area contributed by atoms with Crippen molar-refractivity contribution in [2.75, 3.05) is 24.5 Å². The van der Waals surface area contributed by atoms with Crippen molar-refractivity contribution < 1.29 is 14.3 Å². The number of halogens is 1. The van der Waals surface area contributed by atoms with Crippen LogP contribution in [0.5, 0.6) is 0 Å². The molecular weight excluding hydrogens is 420 g/mol. The van der Waals surface area contributed by atoms with Crippen molar-refractivity contribution in [2.45, 2.75) is 71.8 Å². The van der Waals surface area contributed by atoms with Crippen molar-refractivity contribution in [3.8, 4) is 0 Å². The highest BCUT2D eigenvalue weighted by Crippen LogP contribution is 2.40. The highest BCUT2D eigenvalue weighted by Gasteiger charge is 2.31. The molecule has 0 spiro atoms. The summed E-state index contributed by atoms with van der Waals surface area (Å²) in [5.74, 6) is 0.214. The van der Waals surface area contributed by atoms with Crippen molar-refractivity contribution in [1.82, 2.24) is 4.90 Å². The Morgan fingerprint density at radius 1 is 1.14 bits per heavy atom. The van der Waals surface area contributed by atoms with Crippen LogP contribution < -0.4 is 4.90 Å². The predicted octanol–water partition coefficient (Wildman–Crippen LogP) is 4.86. The number of anilines is 1. The number of hydrogen-bond acceptors (Lipinski definition) is 3. The van der Waals surface area contributed by atoms with Crippen molar-refractivity contribution in [2.24, 2.45) is 0 Å². The van der Waals surface area contributed by atoms with E-state index in [1.54, 1.807) is 4.90 Å². The molecule has 3 rings (SSSR count). The summed E-state index contributed by atoms with van der Waals surface area (Å²) in [6.07, 6.45) is 4.75. The predicted molar refractivity (Wildman–Crippen MR) is 115 cm³/mol. The standard InChI is InChI=1S/C22H31BrN2O3/c1-5-6-11-25-18(26)8-7-16-14-15-9-12-24(21(27)28-22(2,3)4)13-10-17(15)19(23)20(16)25/h14H,5-13H2,1-4H3. The van der Waals surface area contributed by atoms with E-state index in [0.29, 0.717) is 19.5 Å². The van der Waals surface area contributed by atoms with Crippen molar-refractivity contribution in [1.29, 1.82) is 0 Å². The molecule has 0 N–H and O–H groups in total. The zero-order chi connectivity index (χ0) is 20.5. The molecule has 1 aromatic rings. The van der Waals surface area contributed by atoms with Gasteiger partial charge in [-0.3, -0.25) is 4.79 Å². The Morgan fingerprint density at radius 2 is 1.86 bits per heavy atom. The Labute approximate surface area is 176 Å². The van der Waals surface area contributed by atoms with Crippen LogP contribution in [0.1, 0.15) is 63.6 Å². The number of unbranched alkanes of at least 4 members (excludes halogenated alkanes) is 1. The molecule has 2 amide bonds. The van der Waals surface area contributed by atoms with E-state index in [9.17, 15) is 9.59 Å². The van der Waals surface area contributed by atoms with Crippen LogP contribution in [-0.2, 0) is 28.8 Å². The van der Waals surface area contributed by atoms with Gasteiger partial charge in [0, 0.05) is 30.5 Å². The molecule has 2 aliphatic heterocycles. The summed E-state index contributed by atoms with van der Waals surface area (Å²) in [7, 11) is 0. The van der Waals surface area contributed by atoms with Crippen LogP contribution in [0.4, 0.5) is 10.5 Å². The fourth-order valence-electron chi connectivity index (χ4n) is 3.94. The molecule has 2 aliphatic rings. The minimum atomic E-state index is -0.490. The van der Waals surface area contributed by atoms with Gasteiger partial charge in [0.15, 0.2) is 0 Å². The molecular formula is C22H31BrN2O3. The maximum atomic E-state index is 12.6. The average Bonchev–Trinajstić information content (AvgIpc) is 2.83. The summed E-state index contributed by atoms with van der Waals surface area (Å²) < 4.78 is 6.60. The average molecular weight is 451 g/mol. The van der Waals surface area contributed by atoms with Crippen LogP contribution >= 0.6 is 15.9 Å². The van der Waals surface area contributed by atoms with E-state index >= 15 is 0 Å². The van der Waals surface area contributed by atoms with E-state index in [-0.39, 0.29) is 12.0 Å². The number of ether oxygens (including phenoxy) is 1. The van der Waals surface area contributed by atoms with E-state index in [2.05, 4.69) is 28.9 Å². The zero-order valence-electron chi connectivity index (χ0n) is 17.4. The van der Waals surface area contributed by atoms with Crippen LogP contribution in [0.15, 0.2) is 10.5 Å². The third-order valence-corrected chi connectivity index (χ3v) is 6.22. The summed E-state index contributed by atoms with van der Waals surface area (Å²) in [5, 5.41) is 0. The van der Waals surface area contributed by atoms with E-state index in [1.165, 1.54) is 16.7 Å². The minimum absolute atomic E-state index is 0.214. The SMILES string of the molecule is CCCCN1C(=O)CCc2cc3c(c(Br)c21)CCN(C(=O)OC(C)(C)C)CC3. The first-order valence-corrected chi connectivity index (χ1v) is 11.1. The van der Waals surface area contributed by atoms with E-state index in [4.69, 9.17) is 4.74 Å². The summed E-state index contributed by atoms with van der Waals surface area (Å²) in [4.78, 5) is 28.8. The summed E-state index contributed by atoms with van der Waals surface area (Å²) in [6.45, 7) is 9.88. The van der Waals surface area contributed by atoms with Gasteiger partial charge < -0.3 is 14.5 Å². The third kappa shape index (κ3) is 4.53. The number of hydrogen-bond donors (Lipinski definition) is 0. The Kier molecular flexibility index (Phi) is 6.37. The Morgan fingerprint density at radius 3 is 2.54 bits per heavy atom. The molecule has 0 atom stereocenters. The second-order valence-electron chi connectivity index (χ2n) is 8.70. The van der Waals surface area contributed by atoms with Crippen molar-refractivity contribution >= 4 is 33.6 Å². The quantitative estimate of drug-likeness (QED) is 0.659. The second-order valence-corrected chi connectivity index (χ2v) is 9.50. The van der Waals surface area contributed by atoms with Gasteiger partial charge in [-0.1, -0.05) is 19.4 Å². The van der Waals surface area contributed by atoms with Gasteiger partial charge >= 0.3 is 6.09 Å². The largest absolute Gasteiger partial charge is 0.444 e. The number of amides is 2. The second kappa shape index (κ2) is 8.44. The lowest BCUT2D eigenvalue weighted by Gasteiger charge is -2.32. The minimum Gasteiger partial charge on any atom is -0.444 e. The van der Waals surface area contributed by atoms with Crippen molar-refractivity contribution in [3.05, 3.63) is 27.2 Å². The highest BCUT2D eigenvalue weighted by atomic mass is 79.9. The molecule has 6 heteroatoms. The smallest absolute Gasteiger partial charge is 0.410 e. The topological polar surface area (TPSA) is 49.9 Å². The molecule has 0 bridgehead atoms. The van der Waals surface area contributed by atoms with Crippen LogP contribution in [0.25, 0.3) is 0 Å². The zero-order valence-corrected chi connectivity index (χ0v) is 19.0. The van der Waals surface area contributed by atoms with Crippen LogP contribution in [0.2, 0.25) is 0 Å². The monoisotopic (exact) mass is 450 g/mol. The van der Waals surface area contributed by atoms with Crippen LogP contribution in [-0.4, -0.2) is 42.1 Å². The maximum Gasteiger partial charge on any atom is 0.410 e. The summed E-state index contributed by atoms with van der Waals surface area (Å²) in [5.41, 5.74) is 4.31. The number of carbonyl (C=O) groups is 2. The van der Waals surface area contributed by atoms with Crippen LogP contribution in [0.3, 0.4) is 0 Å². The number of carbonyl (C=O) groups excluding carboxylic acids is 2. The Hall–Kier alpha value is -1.56. The molecule has 28 heavy (non-hydrogen) atoms. The first kappa shape index (κ1) is 21.2. The van der Waals surface area contributed by atoms with Gasteiger partial charge in [-0.2, -0.15) is 0 Å². The van der Waals surface area contributed by atoms with Crippen LogP contribution in [0, 0.1) is 0 Å². The number of rotatable bonds is 3. The van der Waals surface area contributed by atoms with Crippen molar-refractivity contribution in [3.63, 3.8) is 0 Å². The van der Waals surface area contributed by atoms with Gasteiger partial charge in [0.1, 0.15) is 5.60 Å². The molecule has 0 unspecified atom stereocenters. The highest BCUT2D eigenvalue weighted by molar-refractivity contribution is 9.10. The number of nitrogens with zero attached hydrogens (tertiary/aromatic N) is 2. The van der Waals surface area contributed by atoms with Gasteiger partial charge in [0.05, 0.1) is 5.69 Å². The number of fused-ring (bicyclic) bond motifs is 2. The van der Waals surface area contributed by atoms with Gasteiger partial charge in [-0.15, -0.1) is 0 Å². The summed E-state index contributed by atoms with van der Waals surface area (Å²) in [6, 6.07) is 2.26. The lowest BCUT2D eigenvalue weighted by Crippen LogP contribution is -2.38. The first-order valence-electron chi connectivity index (χ1n) is 10.3. The van der Waals surface area contributed by atoms with E-state index < -0.39 is 5.60 Å². The molecule has 0 saturated carbocycles.